The van der Waals surface area contributed by atoms with Gasteiger partial charge in [-0.3, -0.25) is 4.79 Å². The summed E-state index contributed by atoms with van der Waals surface area (Å²) in [4.78, 5) is 12.6. The monoisotopic (exact) mass is 488 g/mol. The highest BCUT2D eigenvalue weighted by Gasteiger charge is 2.46. The second-order valence-corrected chi connectivity index (χ2v) is 8.23. The van der Waals surface area contributed by atoms with Gasteiger partial charge in [0.15, 0.2) is 11.7 Å². The fourth-order valence-electron chi connectivity index (χ4n) is 3.37. The molecule has 2 aromatic carbocycles. The summed E-state index contributed by atoms with van der Waals surface area (Å²) in [6.45, 7) is 0. The highest BCUT2D eigenvalue weighted by Crippen LogP contribution is 2.43. The Hall–Kier alpha value is -2.42. The number of nitrogens with zero attached hydrogens (tertiary/aromatic N) is 2. The molecule has 5 nitrogen and oxygen atoms in total. The second-order valence-electron chi connectivity index (χ2n) is 6.98. The van der Waals surface area contributed by atoms with Crippen LogP contribution in [0.4, 0.5) is 24.7 Å². The molecule has 1 aliphatic heterocycles. The zero-order valence-electron chi connectivity index (χ0n) is 15.6. The molecule has 0 fully saturated rings. The summed E-state index contributed by atoms with van der Waals surface area (Å²) in [6.07, 6.45) is -4.83. The van der Waals surface area contributed by atoms with Crippen molar-refractivity contribution < 1.29 is 18.0 Å². The molecular formula is C20H14Cl3F3N4O. The molecule has 2 atom stereocenters. The lowest BCUT2D eigenvalue weighted by Gasteiger charge is -2.33. The van der Waals surface area contributed by atoms with Gasteiger partial charge in [0, 0.05) is 23.2 Å². The molecule has 0 aliphatic carbocycles. The topological polar surface area (TPSA) is 59.0 Å². The van der Waals surface area contributed by atoms with Crippen molar-refractivity contribution in [1.82, 2.24) is 9.78 Å². The molecule has 1 amide bonds. The van der Waals surface area contributed by atoms with Crippen LogP contribution in [0.25, 0.3) is 0 Å². The Morgan fingerprint density at radius 2 is 1.77 bits per heavy atom. The van der Waals surface area contributed by atoms with E-state index < -0.39 is 24.2 Å². The van der Waals surface area contributed by atoms with Gasteiger partial charge in [-0.15, -0.1) is 0 Å². The van der Waals surface area contributed by atoms with Gasteiger partial charge in [0.25, 0.3) is 5.91 Å². The van der Waals surface area contributed by atoms with Crippen LogP contribution in [0.15, 0.2) is 48.5 Å². The summed E-state index contributed by atoms with van der Waals surface area (Å²) in [5.41, 5.74) is 0.817. The van der Waals surface area contributed by atoms with E-state index in [1.54, 1.807) is 24.3 Å². The van der Waals surface area contributed by atoms with Gasteiger partial charge in [-0.25, -0.2) is 4.68 Å². The maximum atomic E-state index is 13.8. The number of alkyl halides is 3. The quantitative estimate of drug-likeness (QED) is 0.427. The number of anilines is 2. The number of nitrogens with one attached hydrogen (secondary N) is 2. The smallest absolute Gasteiger partial charge is 0.363 e. The van der Waals surface area contributed by atoms with Gasteiger partial charge in [0.1, 0.15) is 5.82 Å². The van der Waals surface area contributed by atoms with E-state index in [-0.39, 0.29) is 23.0 Å². The highest BCUT2D eigenvalue weighted by atomic mass is 35.5. The van der Waals surface area contributed by atoms with Crippen molar-refractivity contribution in [3.63, 3.8) is 0 Å². The Labute approximate surface area is 190 Å². The molecule has 2 N–H and O–H groups in total. The van der Waals surface area contributed by atoms with Crippen molar-refractivity contribution in [2.45, 2.75) is 24.7 Å². The Bertz CT molecular complexity index is 1130. The number of hydrogen-bond acceptors (Lipinski definition) is 3. The normalized spacial score (nSPS) is 18.3. The number of amides is 1. The Morgan fingerprint density at radius 1 is 1.06 bits per heavy atom. The summed E-state index contributed by atoms with van der Waals surface area (Å²) < 4.78 is 42.1. The van der Waals surface area contributed by atoms with Gasteiger partial charge >= 0.3 is 6.18 Å². The van der Waals surface area contributed by atoms with Gasteiger partial charge in [-0.05, 0) is 35.9 Å². The van der Waals surface area contributed by atoms with Crippen LogP contribution in [0, 0.1) is 0 Å². The van der Waals surface area contributed by atoms with E-state index in [1.807, 2.05) is 0 Å². The van der Waals surface area contributed by atoms with Crippen molar-refractivity contribution in [3.05, 3.63) is 74.9 Å². The second kappa shape index (κ2) is 8.26. The lowest BCUT2D eigenvalue weighted by atomic mass is 9.97. The lowest BCUT2D eigenvalue weighted by molar-refractivity contribution is -0.173. The fourth-order valence-corrected chi connectivity index (χ4v) is 3.79. The number of fused-ring (bicyclic) bond motifs is 1. The molecule has 162 valence electrons. The first-order chi connectivity index (χ1) is 14.6. The summed E-state index contributed by atoms with van der Waals surface area (Å²) in [6, 6.07) is 9.78. The minimum absolute atomic E-state index is 0.0906. The molecular weight excluding hydrogens is 476 g/mol. The van der Waals surface area contributed by atoms with Crippen molar-refractivity contribution in [1.29, 1.82) is 0 Å². The fraction of sp³-hybridized carbons (Fsp3) is 0.200. The number of benzene rings is 2. The van der Waals surface area contributed by atoms with Crippen LogP contribution in [0.1, 0.15) is 34.6 Å². The van der Waals surface area contributed by atoms with Gasteiger partial charge in [-0.2, -0.15) is 18.3 Å². The first-order valence-corrected chi connectivity index (χ1v) is 10.2. The first kappa shape index (κ1) is 21.8. The summed E-state index contributed by atoms with van der Waals surface area (Å²) in [5, 5.41) is 10.5. The minimum Gasteiger partial charge on any atom is -0.363 e. The van der Waals surface area contributed by atoms with E-state index in [0.29, 0.717) is 21.3 Å². The number of carbonyl (C=O) groups excluding carboxylic acids is 1. The van der Waals surface area contributed by atoms with Crippen molar-refractivity contribution in [3.8, 4) is 0 Å². The van der Waals surface area contributed by atoms with Gasteiger partial charge in [0.2, 0.25) is 0 Å². The van der Waals surface area contributed by atoms with Crippen LogP contribution in [0.5, 0.6) is 0 Å². The van der Waals surface area contributed by atoms with Crippen LogP contribution >= 0.6 is 34.8 Å². The van der Waals surface area contributed by atoms with Gasteiger partial charge < -0.3 is 10.6 Å². The zero-order valence-corrected chi connectivity index (χ0v) is 17.8. The lowest BCUT2D eigenvalue weighted by Crippen LogP contribution is -2.35. The van der Waals surface area contributed by atoms with E-state index in [9.17, 15) is 18.0 Å². The third-order valence-electron chi connectivity index (χ3n) is 4.87. The molecule has 0 bridgehead atoms. The van der Waals surface area contributed by atoms with Crippen LogP contribution in [0.3, 0.4) is 0 Å². The molecule has 0 spiro atoms. The zero-order chi connectivity index (χ0) is 22.3. The van der Waals surface area contributed by atoms with Crippen LogP contribution in [-0.4, -0.2) is 21.9 Å². The summed E-state index contributed by atoms with van der Waals surface area (Å²) in [7, 11) is 0. The maximum Gasteiger partial charge on any atom is 0.410 e. The molecule has 0 saturated carbocycles. The van der Waals surface area contributed by atoms with E-state index in [2.05, 4.69) is 15.7 Å². The average Bonchev–Trinajstić information content (AvgIpc) is 3.14. The third kappa shape index (κ3) is 4.61. The number of hydrogen-bond donors (Lipinski definition) is 2. The summed E-state index contributed by atoms with van der Waals surface area (Å²) in [5.74, 6) is -0.584. The largest absolute Gasteiger partial charge is 0.410 e. The molecule has 4 rings (SSSR count). The Morgan fingerprint density at radius 3 is 2.42 bits per heavy atom. The van der Waals surface area contributed by atoms with Crippen molar-refractivity contribution in [2.24, 2.45) is 0 Å². The van der Waals surface area contributed by atoms with E-state index in [0.717, 1.165) is 4.68 Å². The minimum atomic E-state index is -4.55. The molecule has 1 aliphatic rings. The Kier molecular flexibility index (Phi) is 5.81. The van der Waals surface area contributed by atoms with E-state index >= 15 is 0 Å². The van der Waals surface area contributed by atoms with Gasteiger partial charge in [0.05, 0.1) is 16.1 Å². The number of rotatable bonds is 3. The Balaban J connectivity index is 1.63. The number of aromatic nitrogens is 2. The molecule has 0 radical (unpaired) electrons. The van der Waals surface area contributed by atoms with Crippen molar-refractivity contribution >= 4 is 52.2 Å². The molecule has 0 unspecified atom stereocenters. The van der Waals surface area contributed by atoms with E-state index in [4.69, 9.17) is 34.8 Å². The van der Waals surface area contributed by atoms with Crippen molar-refractivity contribution in [2.75, 3.05) is 10.6 Å². The molecule has 3 aromatic rings. The number of carbonyl (C=O) groups is 1. The molecule has 11 heteroatoms. The molecule has 0 saturated heterocycles. The van der Waals surface area contributed by atoms with Crippen LogP contribution in [-0.2, 0) is 0 Å². The van der Waals surface area contributed by atoms with Crippen LogP contribution in [0.2, 0.25) is 15.1 Å². The summed E-state index contributed by atoms with van der Waals surface area (Å²) >= 11 is 17.7. The number of halogens is 6. The van der Waals surface area contributed by atoms with E-state index in [1.165, 1.54) is 24.3 Å². The SMILES string of the molecule is O=C(Nc1ccc(Cl)c(Cl)c1)c1cc2n(n1)[C@H](C(F)(F)F)C[C@H](c1ccc(Cl)cc1)N2. The standard InChI is InChI=1S/C20H14Cl3F3N4O/c21-11-3-1-10(2-4-11)15-8-17(20(24,25)26)30-18(28-15)9-16(29-30)19(31)27-12-5-6-13(22)14(23)7-12/h1-7,9,15,17,28H,8H2,(H,27,31)/t15-,17+/m1/s1. The predicted octanol–water partition coefficient (Wildman–Crippen LogP) is 6.76. The van der Waals surface area contributed by atoms with Gasteiger partial charge in [-0.1, -0.05) is 46.9 Å². The third-order valence-corrected chi connectivity index (χ3v) is 5.86. The van der Waals surface area contributed by atoms with Crippen LogP contribution < -0.4 is 10.6 Å². The maximum absolute atomic E-state index is 13.8. The molecule has 1 aromatic heterocycles. The average molecular weight is 490 g/mol. The first-order valence-electron chi connectivity index (χ1n) is 9.06. The molecule has 2 heterocycles. The highest BCUT2D eigenvalue weighted by molar-refractivity contribution is 6.42. The predicted molar refractivity (Wildman–Crippen MR) is 114 cm³/mol. The molecule has 31 heavy (non-hydrogen) atoms.